The van der Waals surface area contributed by atoms with Crippen LogP contribution in [-0.2, 0) is 6.42 Å². The van der Waals surface area contributed by atoms with Crippen LogP contribution < -0.4 is 5.32 Å². The molecule has 0 aromatic heterocycles. The molecule has 2 aromatic carbocycles. The molecule has 0 unspecified atom stereocenters. The third-order valence-corrected chi connectivity index (χ3v) is 3.22. The number of anilines is 1. The Morgan fingerprint density at radius 3 is 2.55 bits per heavy atom. The first-order valence-electron chi connectivity index (χ1n) is 6.64. The molecule has 0 aliphatic heterocycles. The minimum absolute atomic E-state index is 0.763. The number of rotatable bonds is 6. The smallest absolute Gasteiger partial charge is 0.0406 e. The second kappa shape index (κ2) is 7.56. The van der Waals surface area contributed by atoms with Crippen LogP contribution in [0.2, 0.25) is 5.02 Å². The maximum Gasteiger partial charge on any atom is 0.0406 e. The van der Waals surface area contributed by atoms with Gasteiger partial charge in [-0.05, 0) is 35.7 Å². The number of para-hydroxylation sites is 1. The second-order valence-corrected chi connectivity index (χ2v) is 4.92. The molecule has 102 valence electrons. The molecule has 0 amide bonds. The van der Waals surface area contributed by atoms with E-state index in [0.717, 1.165) is 29.2 Å². The zero-order valence-electron chi connectivity index (χ0n) is 11.4. The predicted molar refractivity (Wildman–Crippen MR) is 89.3 cm³/mol. The van der Waals surface area contributed by atoms with Crippen LogP contribution in [0, 0.1) is 0 Å². The Morgan fingerprint density at radius 2 is 1.80 bits per heavy atom. The summed E-state index contributed by atoms with van der Waals surface area (Å²) in [7, 11) is 0. The lowest BCUT2D eigenvalue weighted by Gasteiger charge is -2.08. The zero-order valence-corrected chi connectivity index (χ0v) is 12.1. The molecule has 20 heavy (non-hydrogen) atoms. The van der Waals surface area contributed by atoms with E-state index in [2.05, 4.69) is 36.2 Å². The Bertz CT molecular complexity index is 585. The molecule has 0 atom stereocenters. The normalized spacial score (nSPS) is 10.7. The van der Waals surface area contributed by atoms with Crippen molar-refractivity contribution in [3.63, 3.8) is 0 Å². The molecule has 1 nitrogen and oxygen atoms in total. The van der Waals surface area contributed by atoms with Crippen molar-refractivity contribution >= 4 is 23.4 Å². The molecule has 0 heterocycles. The van der Waals surface area contributed by atoms with Crippen LogP contribution >= 0.6 is 11.6 Å². The summed E-state index contributed by atoms with van der Waals surface area (Å²) in [6, 6.07) is 16.1. The first-order valence-corrected chi connectivity index (χ1v) is 7.02. The van der Waals surface area contributed by atoms with Gasteiger partial charge in [0.1, 0.15) is 0 Å². The van der Waals surface area contributed by atoms with Crippen molar-refractivity contribution in [2.45, 2.75) is 6.42 Å². The first kappa shape index (κ1) is 14.4. The van der Waals surface area contributed by atoms with Crippen LogP contribution in [-0.4, -0.2) is 6.54 Å². The summed E-state index contributed by atoms with van der Waals surface area (Å²) in [4.78, 5) is 0. The summed E-state index contributed by atoms with van der Waals surface area (Å²) >= 11 is 5.86. The van der Waals surface area contributed by atoms with Gasteiger partial charge in [-0.1, -0.05) is 60.2 Å². The van der Waals surface area contributed by atoms with Crippen molar-refractivity contribution in [1.29, 1.82) is 0 Å². The van der Waals surface area contributed by atoms with Gasteiger partial charge >= 0.3 is 0 Å². The van der Waals surface area contributed by atoms with Gasteiger partial charge in [0.05, 0.1) is 0 Å². The molecule has 0 bridgehead atoms. The largest absolute Gasteiger partial charge is 0.381 e. The third kappa shape index (κ3) is 4.29. The van der Waals surface area contributed by atoms with Crippen LogP contribution in [0.1, 0.15) is 11.1 Å². The quantitative estimate of drug-likeness (QED) is 0.719. The number of halogens is 1. The van der Waals surface area contributed by atoms with Crippen molar-refractivity contribution in [1.82, 2.24) is 0 Å². The van der Waals surface area contributed by atoms with E-state index in [4.69, 9.17) is 11.6 Å². The molecule has 2 rings (SSSR count). The molecule has 0 fully saturated rings. The van der Waals surface area contributed by atoms with Crippen molar-refractivity contribution in [3.05, 3.63) is 83.4 Å². The van der Waals surface area contributed by atoms with E-state index in [1.165, 1.54) is 5.56 Å². The fourth-order valence-corrected chi connectivity index (χ4v) is 2.09. The molecular weight excluding hydrogens is 266 g/mol. The summed E-state index contributed by atoms with van der Waals surface area (Å²) in [5, 5.41) is 4.18. The number of nitrogens with one attached hydrogen (secondary N) is 1. The maximum atomic E-state index is 5.86. The molecule has 0 saturated carbocycles. The second-order valence-electron chi connectivity index (χ2n) is 4.48. The average Bonchev–Trinajstić information content (AvgIpc) is 2.47. The van der Waals surface area contributed by atoms with E-state index in [-0.39, 0.29) is 0 Å². The van der Waals surface area contributed by atoms with Crippen LogP contribution in [0.5, 0.6) is 0 Å². The molecule has 0 aliphatic carbocycles. The van der Waals surface area contributed by atoms with E-state index < -0.39 is 0 Å². The average molecular weight is 284 g/mol. The van der Waals surface area contributed by atoms with Gasteiger partial charge in [0, 0.05) is 17.3 Å². The van der Waals surface area contributed by atoms with Gasteiger partial charge in [0.2, 0.25) is 0 Å². The van der Waals surface area contributed by atoms with E-state index >= 15 is 0 Å². The number of hydrogen-bond acceptors (Lipinski definition) is 1. The Hall–Kier alpha value is -1.99. The summed E-state index contributed by atoms with van der Waals surface area (Å²) < 4.78 is 0. The van der Waals surface area contributed by atoms with Gasteiger partial charge in [-0.25, -0.2) is 0 Å². The molecule has 0 aliphatic rings. The minimum atomic E-state index is 0.763. The summed E-state index contributed by atoms with van der Waals surface area (Å²) in [6.45, 7) is 4.58. The van der Waals surface area contributed by atoms with Gasteiger partial charge in [-0.2, -0.15) is 0 Å². The van der Waals surface area contributed by atoms with Gasteiger partial charge in [0.15, 0.2) is 0 Å². The van der Waals surface area contributed by atoms with Crippen molar-refractivity contribution < 1.29 is 0 Å². The highest BCUT2D eigenvalue weighted by Crippen LogP contribution is 2.16. The Labute approximate surface area is 125 Å². The van der Waals surface area contributed by atoms with Crippen LogP contribution in [0.15, 0.2) is 67.3 Å². The fourth-order valence-electron chi connectivity index (χ4n) is 1.96. The van der Waals surface area contributed by atoms with Crippen LogP contribution in [0.25, 0.3) is 6.08 Å². The van der Waals surface area contributed by atoms with Gasteiger partial charge < -0.3 is 5.32 Å². The lowest BCUT2D eigenvalue weighted by molar-refractivity contribution is 1.23. The lowest BCUT2D eigenvalue weighted by Crippen LogP contribution is -2.01. The third-order valence-electron chi connectivity index (χ3n) is 2.97. The molecule has 2 heteroatoms. The first-order chi connectivity index (χ1) is 9.79. The highest BCUT2D eigenvalue weighted by Gasteiger charge is 1.97. The zero-order chi connectivity index (χ0) is 14.2. The summed E-state index contributed by atoms with van der Waals surface area (Å²) in [5.41, 5.74) is 3.58. The number of benzene rings is 2. The molecule has 2 aromatic rings. The topological polar surface area (TPSA) is 12.0 Å². The van der Waals surface area contributed by atoms with Gasteiger partial charge in [-0.3, -0.25) is 0 Å². The SMILES string of the molecule is C=CCc1ccccc1NC/C=C/c1ccc(Cl)cc1. The van der Waals surface area contributed by atoms with Crippen molar-refractivity contribution in [3.8, 4) is 0 Å². The van der Waals surface area contributed by atoms with E-state index in [1.54, 1.807) is 0 Å². The molecule has 0 saturated heterocycles. The van der Waals surface area contributed by atoms with Gasteiger partial charge in [0.25, 0.3) is 0 Å². The highest BCUT2D eigenvalue weighted by molar-refractivity contribution is 6.30. The molecule has 1 N–H and O–H groups in total. The monoisotopic (exact) mass is 283 g/mol. The Morgan fingerprint density at radius 1 is 1.05 bits per heavy atom. The molecule has 0 spiro atoms. The Balaban J connectivity index is 1.92. The van der Waals surface area contributed by atoms with E-state index in [1.807, 2.05) is 42.5 Å². The fraction of sp³-hybridized carbons (Fsp3) is 0.111. The highest BCUT2D eigenvalue weighted by atomic mass is 35.5. The predicted octanol–water partition coefficient (Wildman–Crippen LogP) is 5.19. The molecule has 0 radical (unpaired) electrons. The van der Waals surface area contributed by atoms with Crippen LogP contribution in [0.3, 0.4) is 0 Å². The van der Waals surface area contributed by atoms with Crippen LogP contribution in [0.4, 0.5) is 5.69 Å². The van der Waals surface area contributed by atoms with E-state index in [9.17, 15) is 0 Å². The molecular formula is C18H18ClN. The maximum absolute atomic E-state index is 5.86. The standard InChI is InChI=1S/C18H18ClN/c1-2-6-16-8-3-4-9-18(16)20-14-5-7-15-10-12-17(19)13-11-15/h2-5,7-13,20H,1,6,14H2/b7-5+. The van der Waals surface area contributed by atoms with Gasteiger partial charge in [-0.15, -0.1) is 6.58 Å². The number of allylic oxidation sites excluding steroid dienone is 1. The Kier molecular flexibility index (Phi) is 5.45. The lowest BCUT2D eigenvalue weighted by atomic mass is 10.1. The van der Waals surface area contributed by atoms with Crippen molar-refractivity contribution in [2.75, 3.05) is 11.9 Å². The van der Waals surface area contributed by atoms with E-state index in [0.29, 0.717) is 0 Å². The minimum Gasteiger partial charge on any atom is -0.381 e. The van der Waals surface area contributed by atoms with Crippen molar-refractivity contribution in [2.24, 2.45) is 0 Å². The summed E-state index contributed by atoms with van der Waals surface area (Å²) in [6.07, 6.45) is 6.99. The number of hydrogen-bond donors (Lipinski definition) is 1. The summed E-state index contributed by atoms with van der Waals surface area (Å²) in [5.74, 6) is 0.